The van der Waals surface area contributed by atoms with Crippen LogP contribution >= 0.6 is 0 Å². The van der Waals surface area contributed by atoms with E-state index in [1.165, 1.54) is 25.7 Å². The third kappa shape index (κ3) is 2.93. The van der Waals surface area contributed by atoms with Gasteiger partial charge in [-0.2, -0.15) is 0 Å². The first-order valence-corrected chi connectivity index (χ1v) is 5.35. The van der Waals surface area contributed by atoms with Gasteiger partial charge in [0, 0.05) is 0 Å². The van der Waals surface area contributed by atoms with Gasteiger partial charge in [-0.15, -0.1) is 0 Å². The summed E-state index contributed by atoms with van der Waals surface area (Å²) in [4.78, 5) is 0. The van der Waals surface area contributed by atoms with E-state index in [2.05, 4.69) is 36.4 Å². The van der Waals surface area contributed by atoms with Crippen LogP contribution in [0.4, 0.5) is 0 Å². The molecule has 0 aliphatic heterocycles. The summed E-state index contributed by atoms with van der Waals surface area (Å²) in [5, 5.41) is 0. The SMILES string of the molecule is C1=CCC2=C(C1)Cc1ccccc1C2.[H-].[H-].[Na+].[Na+]. The smallest absolute Gasteiger partial charge is 1.00 e. The topological polar surface area (TPSA) is 0 Å². The summed E-state index contributed by atoms with van der Waals surface area (Å²) in [6.45, 7) is 0. The maximum atomic E-state index is 2.31. The van der Waals surface area contributed by atoms with Gasteiger partial charge in [-0.3, -0.25) is 0 Å². The molecule has 2 heteroatoms. The molecule has 0 bridgehead atoms. The van der Waals surface area contributed by atoms with Crippen molar-refractivity contribution in [1.29, 1.82) is 0 Å². The van der Waals surface area contributed by atoms with Gasteiger partial charge in [-0.1, -0.05) is 47.6 Å². The molecule has 16 heavy (non-hydrogen) atoms. The van der Waals surface area contributed by atoms with Crippen molar-refractivity contribution in [3.05, 3.63) is 58.7 Å². The molecule has 2 aliphatic carbocycles. The Hall–Kier alpha value is 0.700. The van der Waals surface area contributed by atoms with Crippen LogP contribution in [0.5, 0.6) is 0 Å². The van der Waals surface area contributed by atoms with Crippen LogP contribution < -0.4 is 59.1 Å². The number of allylic oxidation sites excluding steroid dienone is 4. The van der Waals surface area contributed by atoms with Crippen molar-refractivity contribution in [1.82, 2.24) is 0 Å². The van der Waals surface area contributed by atoms with Crippen molar-refractivity contribution in [3.8, 4) is 0 Å². The van der Waals surface area contributed by atoms with E-state index in [1.54, 1.807) is 22.3 Å². The summed E-state index contributed by atoms with van der Waals surface area (Å²) in [6.07, 6.45) is 9.37. The van der Waals surface area contributed by atoms with Gasteiger partial charge in [0.05, 0.1) is 0 Å². The minimum atomic E-state index is 0. The first-order chi connectivity index (χ1) is 6.93. The van der Waals surface area contributed by atoms with Crippen molar-refractivity contribution >= 4 is 0 Å². The average molecular weight is 230 g/mol. The van der Waals surface area contributed by atoms with E-state index in [4.69, 9.17) is 0 Å². The van der Waals surface area contributed by atoms with Crippen LogP contribution in [0.25, 0.3) is 0 Å². The summed E-state index contributed by atoms with van der Waals surface area (Å²) in [5.41, 5.74) is 6.43. The van der Waals surface area contributed by atoms with Gasteiger partial charge in [-0.05, 0) is 36.8 Å². The third-order valence-corrected chi connectivity index (χ3v) is 3.32. The van der Waals surface area contributed by atoms with Gasteiger partial charge in [0.15, 0.2) is 0 Å². The molecule has 2 aliphatic rings. The van der Waals surface area contributed by atoms with Gasteiger partial charge < -0.3 is 2.85 Å². The molecule has 0 atom stereocenters. The van der Waals surface area contributed by atoms with E-state index in [0.717, 1.165) is 0 Å². The molecule has 1 aromatic rings. The molecule has 1 aromatic carbocycles. The van der Waals surface area contributed by atoms with Crippen molar-refractivity contribution in [3.63, 3.8) is 0 Å². The second-order valence-corrected chi connectivity index (χ2v) is 4.21. The Balaban J connectivity index is 0. The zero-order valence-electron chi connectivity index (χ0n) is 12.3. The van der Waals surface area contributed by atoms with Gasteiger partial charge in [0.25, 0.3) is 0 Å². The van der Waals surface area contributed by atoms with E-state index < -0.39 is 0 Å². The van der Waals surface area contributed by atoms with Crippen molar-refractivity contribution in [2.75, 3.05) is 0 Å². The third-order valence-electron chi connectivity index (χ3n) is 3.32. The number of hydrogen-bond donors (Lipinski definition) is 0. The van der Waals surface area contributed by atoms with Crippen LogP contribution in [0.3, 0.4) is 0 Å². The van der Waals surface area contributed by atoms with Crippen LogP contribution in [-0.4, -0.2) is 0 Å². The molecule has 0 N–H and O–H groups in total. The molecule has 74 valence electrons. The fourth-order valence-corrected chi connectivity index (χ4v) is 2.50. The molecular weight excluding hydrogens is 214 g/mol. The van der Waals surface area contributed by atoms with Gasteiger partial charge in [-0.25, -0.2) is 0 Å². The number of benzene rings is 1. The van der Waals surface area contributed by atoms with Crippen LogP contribution in [0.15, 0.2) is 47.6 Å². The Kier molecular flexibility index (Phi) is 6.07. The van der Waals surface area contributed by atoms with E-state index in [-0.39, 0.29) is 62.0 Å². The maximum Gasteiger partial charge on any atom is 1.00 e. The molecule has 0 saturated heterocycles. The summed E-state index contributed by atoms with van der Waals surface area (Å²) < 4.78 is 0. The molecule has 0 radical (unpaired) electrons. The summed E-state index contributed by atoms with van der Waals surface area (Å²) in [7, 11) is 0. The first kappa shape index (κ1) is 14.8. The first-order valence-electron chi connectivity index (χ1n) is 5.35. The normalized spacial score (nSPS) is 16.8. The van der Waals surface area contributed by atoms with E-state index in [9.17, 15) is 0 Å². The monoisotopic (exact) mass is 230 g/mol. The van der Waals surface area contributed by atoms with Gasteiger partial charge in [0.2, 0.25) is 0 Å². The fraction of sp³-hybridized carbons (Fsp3) is 0.286. The summed E-state index contributed by atoms with van der Waals surface area (Å²) >= 11 is 0. The van der Waals surface area contributed by atoms with E-state index in [1.807, 2.05) is 0 Å². The van der Waals surface area contributed by atoms with E-state index >= 15 is 0 Å². The molecule has 0 aromatic heterocycles. The molecule has 0 spiro atoms. The second-order valence-electron chi connectivity index (χ2n) is 4.21. The zero-order valence-corrected chi connectivity index (χ0v) is 14.3. The molecular formula is C14H16Na2. The van der Waals surface area contributed by atoms with Crippen LogP contribution in [-0.2, 0) is 12.8 Å². The molecule has 0 nitrogen and oxygen atoms in total. The molecule has 0 fully saturated rings. The number of rotatable bonds is 0. The zero-order chi connectivity index (χ0) is 9.38. The quantitative estimate of drug-likeness (QED) is 0.346. The van der Waals surface area contributed by atoms with Gasteiger partial charge in [0.1, 0.15) is 0 Å². The molecule has 0 amide bonds. The summed E-state index contributed by atoms with van der Waals surface area (Å²) in [6, 6.07) is 8.86. The van der Waals surface area contributed by atoms with Crippen molar-refractivity contribution in [2.45, 2.75) is 25.7 Å². The Morgan fingerprint density at radius 1 is 0.750 bits per heavy atom. The molecule has 0 saturated carbocycles. The van der Waals surface area contributed by atoms with Crippen molar-refractivity contribution < 1.29 is 62.0 Å². The standard InChI is InChI=1S/C14H14.2Na.2H/c1-2-6-12-10-14-8-4-3-7-13(14)9-11(12)5-1;;;;/h1-6H,7-10H2;;;;/q;2*+1;2*-1. The van der Waals surface area contributed by atoms with Crippen LogP contribution in [0.2, 0.25) is 0 Å². The predicted molar refractivity (Wildman–Crippen MR) is 61.5 cm³/mol. The van der Waals surface area contributed by atoms with Crippen molar-refractivity contribution in [2.24, 2.45) is 0 Å². The fourth-order valence-electron chi connectivity index (χ4n) is 2.50. The number of hydrogen-bond acceptors (Lipinski definition) is 0. The maximum absolute atomic E-state index is 2.31. The minimum absolute atomic E-state index is 0. The van der Waals surface area contributed by atoms with Crippen LogP contribution in [0.1, 0.15) is 26.8 Å². The van der Waals surface area contributed by atoms with Crippen LogP contribution in [0, 0.1) is 0 Å². The number of fused-ring (bicyclic) bond motifs is 1. The Morgan fingerprint density at radius 3 is 1.62 bits per heavy atom. The average Bonchev–Trinajstić information content (AvgIpc) is 2.26. The molecule has 3 rings (SSSR count). The summed E-state index contributed by atoms with van der Waals surface area (Å²) in [5.74, 6) is 0. The molecule has 0 heterocycles. The Bertz CT molecular complexity index is 400. The minimum Gasteiger partial charge on any atom is -1.00 e. The predicted octanol–water partition coefficient (Wildman–Crippen LogP) is -2.34. The largest absolute Gasteiger partial charge is 1.00 e. The van der Waals surface area contributed by atoms with Gasteiger partial charge >= 0.3 is 59.1 Å². The molecule has 0 unspecified atom stereocenters. The van der Waals surface area contributed by atoms with E-state index in [0.29, 0.717) is 0 Å². The Morgan fingerprint density at radius 2 is 1.19 bits per heavy atom. The second kappa shape index (κ2) is 6.58. The Labute approximate surface area is 145 Å².